The smallest absolute Gasteiger partial charge is 0.304 e. The SMILES string of the molecule is [C-]#[N+]c1cccc(C([N+]#[C-])N2CCOCC2)c1. The lowest BCUT2D eigenvalue weighted by Gasteiger charge is -2.27. The highest BCUT2D eigenvalue weighted by atomic mass is 16.5. The van der Waals surface area contributed by atoms with Crippen LogP contribution in [0, 0.1) is 13.1 Å². The van der Waals surface area contributed by atoms with Gasteiger partial charge in [-0.05, 0) is 6.07 Å². The number of hydrogen-bond donors (Lipinski definition) is 0. The van der Waals surface area contributed by atoms with E-state index in [-0.39, 0.29) is 6.17 Å². The zero-order valence-corrected chi connectivity index (χ0v) is 9.47. The molecule has 2 rings (SSSR count). The van der Waals surface area contributed by atoms with Gasteiger partial charge in [-0.2, -0.15) is 0 Å². The topological polar surface area (TPSA) is 21.2 Å². The van der Waals surface area contributed by atoms with E-state index in [1.165, 1.54) is 0 Å². The van der Waals surface area contributed by atoms with E-state index in [4.69, 9.17) is 17.9 Å². The van der Waals surface area contributed by atoms with E-state index >= 15 is 0 Å². The molecule has 0 spiro atoms. The molecule has 1 fully saturated rings. The van der Waals surface area contributed by atoms with Crippen LogP contribution in [0.3, 0.4) is 0 Å². The van der Waals surface area contributed by atoms with Gasteiger partial charge in [-0.25, -0.2) is 16.3 Å². The maximum Gasteiger partial charge on any atom is 0.304 e. The van der Waals surface area contributed by atoms with E-state index in [1.807, 2.05) is 12.1 Å². The van der Waals surface area contributed by atoms with Gasteiger partial charge in [-0.3, -0.25) is 4.85 Å². The van der Waals surface area contributed by atoms with Crippen LogP contribution in [0.5, 0.6) is 0 Å². The quantitative estimate of drug-likeness (QED) is 0.724. The number of rotatable bonds is 2. The Labute approximate surface area is 101 Å². The van der Waals surface area contributed by atoms with Gasteiger partial charge in [0.05, 0.1) is 19.8 Å². The Morgan fingerprint density at radius 3 is 2.65 bits per heavy atom. The zero-order chi connectivity index (χ0) is 12.1. The minimum Gasteiger partial charge on any atom is -0.379 e. The van der Waals surface area contributed by atoms with Gasteiger partial charge in [0.2, 0.25) is 0 Å². The molecule has 0 saturated carbocycles. The van der Waals surface area contributed by atoms with Crippen molar-refractivity contribution in [3.63, 3.8) is 0 Å². The summed E-state index contributed by atoms with van der Waals surface area (Å²) in [5.41, 5.74) is 1.49. The molecule has 86 valence electrons. The molecule has 1 aliphatic heterocycles. The van der Waals surface area contributed by atoms with Crippen LogP contribution in [0.15, 0.2) is 24.3 Å². The van der Waals surface area contributed by atoms with Gasteiger partial charge in [0.1, 0.15) is 0 Å². The summed E-state index contributed by atoms with van der Waals surface area (Å²) in [7, 11) is 0. The van der Waals surface area contributed by atoms with E-state index < -0.39 is 0 Å². The lowest BCUT2D eigenvalue weighted by molar-refractivity contribution is 0.0248. The molecule has 1 unspecified atom stereocenters. The number of ether oxygens (including phenoxy) is 1. The first kappa shape index (κ1) is 11.6. The Bertz CT molecular complexity index is 466. The first-order chi connectivity index (χ1) is 8.35. The van der Waals surface area contributed by atoms with Crippen LogP contribution < -0.4 is 0 Å². The molecule has 1 saturated heterocycles. The number of hydrogen-bond acceptors (Lipinski definition) is 2. The molecule has 0 aliphatic carbocycles. The molecule has 1 heterocycles. The fraction of sp³-hybridized carbons (Fsp3) is 0.385. The molecule has 0 amide bonds. The van der Waals surface area contributed by atoms with E-state index in [0.29, 0.717) is 18.9 Å². The van der Waals surface area contributed by atoms with Crippen LogP contribution in [-0.4, -0.2) is 31.2 Å². The highest BCUT2D eigenvalue weighted by Crippen LogP contribution is 2.26. The van der Waals surface area contributed by atoms with Crippen molar-refractivity contribution >= 4 is 5.69 Å². The summed E-state index contributed by atoms with van der Waals surface area (Å²) in [6.07, 6.45) is -0.291. The summed E-state index contributed by atoms with van der Waals surface area (Å²) in [5.74, 6) is 0. The molecule has 1 atom stereocenters. The second-order valence-electron chi connectivity index (χ2n) is 3.86. The van der Waals surface area contributed by atoms with Crippen molar-refractivity contribution in [3.8, 4) is 0 Å². The van der Waals surface area contributed by atoms with Gasteiger partial charge in [-0.1, -0.05) is 18.2 Å². The summed E-state index contributed by atoms with van der Waals surface area (Å²) >= 11 is 0. The first-order valence-electron chi connectivity index (χ1n) is 5.51. The van der Waals surface area contributed by atoms with Crippen LogP contribution in [0.4, 0.5) is 5.69 Å². The molecule has 0 aromatic heterocycles. The maximum atomic E-state index is 7.33. The van der Waals surface area contributed by atoms with E-state index in [2.05, 4.69) is 14.6 Å². The van der Waals surface area contributed by atoms with Crippen molar-refractivity contribution in [2.75, 3.05) is 26.3 Å². The monoisotopic (exact) mass is 227 g/mol. The van der Waals surface area contributed by atoms with Crippen LogP contribution in [0.25, 0.3) is 9.69 Å². The number of benzene rings is 1. The molecule has 0 bridgehead atoms. The minimum atomic E-state index is -0.291. The fourth-order valence-electron chi connectivity index (χ4n) is 1.94. The van der Waals surface area contributed by atoms with Crippen molar-refractivity contribution in [2.45, 2.75) is 6.17 Å². The highest BCUT2D eigenvalue weighted by Gasteiger charge is 2.26. The number of morpholine rings is 1. The molecular weight excluding hydrogens is 214 g/mol. The van der Waals surface area contributed by atoms with Gasteiger partial charge in [0, 0.05) is 18.7 Å². The summed E-state index contributed by atoms with van der Waals surface area (Å²) in [4.78, 5) is 9.17. The second kappa shape index (κ2) is 5.45. The Morgan fingerprint density at radius 2 is 2.00 bits per heavy atom. The molecular formula is C13H13N3O. The van der Waals surface area contributed by atoms with E-state index in [9.17, 15) is 0 Å². The standard InChI is InChI=1S/C13H13N3O/c1-14-12-5-3-4-11(10-12)13(15-2)16-6-8-17-9-7-16/h3-5,10,13H,6-9H2. The van der Waals surface area contributed by atoms with Crippen molar-refractivity contribution in [1.29, 1.82) is 0 Å². The average molecular weight is 227 g/mol. The van der Waals surface area contributed by atoms with Gasteiger partial charge in [-0.15, -0.1) is 0 Å². The van der Waals surface area contributed by atoms with Crippen molar-refractivity contribution in [1.82, 2.24) is 4.90 Å². The van der Waals surface area contributed by atoms with Crippen LogP contribution in [0.1, 0.15) is 11.7 Å². The summed E-state index contributed by atoms with van der Waals surface area (Å²) in [6.45, 7) is 17.2. The fourth-order valence-corrected chi connectivity index (χ4v) is 1.94. The van der Waals surface area contributed by atoms with Crippen LogP contribution >= 0.6 is 0 Å². The summed E-state index contributed by atoms with van der Waals surface area (Å²) < 4.78 is 5.28. The van der Waals surface area contributed by atoms with Crippen molar-refractivity contribution < 1.29 is 4.74 Å². The molecule has 1 aromatic rings. The van der Waals surface area contributed by atoms with Gasteiger partial charge >= 0.3 is 6.17 Å². The number of nitrogens with zero attached hydrogens (tertiary/aromatic N) is 3. The lowest BCUT2D eigenvalue weighted by atomic mass is 10.1. The predicted molar refractivity (Wildman–Crippen MR) is 64.4 cm³/mol. The minimum absolute atomic E-state index is 0.291. The normalized spacial score (nSPS) is 18.0. The Morgan fingerprint density at radius 1 is 1.24 bits per heavy atom. The Hall–Kier alpha value is -1.88. The van der Waals surface area contributed by atoms with Crippen molar-refractivity contribution in [3.05, 3.63) is 52.7 Å². The highest BCUT2D eigenvalue weighted by molar-refractivity contribution is 5.47. The van der Waals surface area contributed by atoms with Gasteiger partial charge < -0.3 is 4.74 Å². The largest absolute Gasteiger partial charge is 0.379 e. The van der Waals surface area contributed by atoms with E-state index in [1.54, 1.807) is 12.1 Å². The van der Waals surface area contributed by atoms with Crippen LogP contribution in [0.2, 0.25) is 0 Å². The third kappa shape index (κ3) is 2.62. The predicted octanol–water partition coefficient (Wildman–Crippen LogP) is 2.49. The van der Waals surface area contributed by atoms with Crippen molar-refractivity contribution in [2.24, 2.45) is 0 Å². The summed E-state index contributed by atoms with van der Waals surface area (Å²) in [5, 5.41) is 0. The Balaban J connectivity index is 2.22. The van der Waals surface area contributed by atoms with Gasteiger partial charge in [0.15, 0.2) is 5.69 Å². The molecule has 1 aromatic carbocycles. The first-order valence-corrected chi connectivity index (χ1v) is 5.51. The molecule has 0 N–H and O–H groups in total. The molecule has 0 radical (unpaired) electrons. The summed E-state index contributed by atoms with van der Waals surface area (Å²) in [6, 6.07) is 7.30. The molecule has 4 heteroatoms. The zero-order valence-electron chi connectivity index (χ0n) is 9.47. The average Bonchev–Trinajstić information content (AvgIpc) is 2.41. The van der Waals surface area contributed by atoms with Crippen LogP contribution in [-0.2, 0) is 4.74 Å². The second-order valence-corrected chi connectivity index (χ2v) is 3.86. The Kier molecular flexibility index (Phi) is 3.72. The third-order valence-electron chi connectivity index (χ3n) is 2.81. The van der Waals surface area contributed by atoms with Gasteiger partial charge in [0.25, 0.3) is 0 Å². The molecule has 17 heavy (non-hydrogen) atoms. The molecule has 1 aliphatic rings. The third-order valence-corrected chi connectivity index (χ3v) is 2.81. The maximum absolute atomic E-state index is 7.33. The van der Waals surface area contributed by atoms with E-state index in [0.717, 1.165) is 18.7 Å². The molecule has 4 nitrogen and oxygen atoms in total. The lowest BCUT2D eigenvalue weighted by Crippen LogP contribution is -2.37.